The van der Waals surface area contributed by atoms with Crippen LogP contribution in [-0.2, 0) is 4.79 Å². The summed E-state index contributed by atoms with van der Waals surface area (Å²) in [6.45, 7) is 0.972. The normalized spacial score (nSPS) is 16.8. The zero-order chi connectivity index (χ0) is 19.2. The van der Waals surface area contributed by atoms with Crippen molar-refractivity contribution >= 4 is 23.8 Å². The lowest BCUT2D eigenvalue weighted by Gasteiger charge is -2.31. The zero-order valence-corrected chi connectivity index (χ0v) is 14.0. The van der Waals surface area contributed by atoms with Gasteiger partial charge in [-0.15, -0.1) is 0 Å². The van der Waals surface area contributed by atoms with Crippen molar-refractivity contribution in [3.8, 4) is 5.75 Å². The van der Waals surface area contributed by atoms with Gasteiger partial charge in [0.25, 0.3) is 5.56 Å². The molecule has 1 atom stereocenters. The van der Waals surface area contributed by atoms with E-state index in [0.717, 1.165) is 6.92 Å². The van der Waals surface area contributed by atoms with E-state index in [1.54, 1.807) is 0 Å². The van der Waals surface area contributed by atoms with Crippen molar-refractivity contribution in [3.63, 3.8) is 0 Å². The number of hydrogen-bond acceptors (Lipinski definition) is 5. The van der Waals surface area contributed by atoms with Crippen LogP contribution in [0.2, 0.25) is 0 Å². The van der Waals surface area contributed by atoms with Crippen molar-refractivity contribution in [2.75, 3.05) is 5.32 Å². The lowest BCUT2D eigenvalue weighted by Crippen LogP contribution is -2.35. The number of ketones is 1. The fraction of sp³-hybridized carbons (Fsp3) is 0.188. The third-order valence-corrected chi connectivity index (χ3v) is 4.19. The Morgan fingerprint density at radius 3 is 2.46 bits per heavy atom. The molecule has 1 aromatic carbocycles. The van der Waals surface area contributed by atoms with Gasteiger partial charge in [0.1, 0.15) is 17.3 Å². The van der Waals surface area contributed by atoms with E-state index in [4.69, 9.17) is 12.2 Å². The number of carbonyl (C=O) groups excluding carboxylic acids is 1. The minimum Gasteiger partial charge on any atom is -0.508 e. The number of H-pyrrole nitrogens is 2. The summed E-state index contributed by atoms with van der Waals surface area (Å²) in [7, 11) is 0. The lowest BCUT2D eigenvalue weighted by molar-refractivity contribution is -0.116. The van der Waals surface area contributed by atoms with Crippen molar-refractivity contribution < 1.29 is 23.1 Å². The van der Waals surface area contributed by atoms with Crippen molar-refractivity contribution in [2.45, 2.75) is 19.0 Å². The van der Waals surface area contributed by atoms with Crippen molar-refractivity contribution in [2.24, 2.45) is 0 Å². The number of nitrogens with one attached hydrogen (secondary N) is 3. The molecule has 0 saturated carbocycles. The average molecular weight is 383 g/mol. The van der Waals surface area contributed by atoms with Gasteiger partial charge in [-0.1, -0.05) is 18.2 Å². The van der Waals surface area contributed by atoms with Crippen LogP contribution in [0.5, 0.6) is 5.75 Å². The van der Waals surface area contributed by atoms with Gasteiger partial charge in [0.15, 0.2) is 10.6 Å². The van der Waals surface area contributed by atoms with E-state index in [9.17, 15) is 27.9 Å². The van der Waals surface area contributed by atoms with Gasteiger partial charge in [0.05, 0.1) is 11.5 Å². The number of aromatic nitrogens is 2. The fourth-order valence-electron chi connectivity index (χ4n) is 3.00. The van der Waals surface area contributed by atoms with Crippen molar-refractivity contribution in [1.29, 1.82) is 0 Å². The number of aromatic amines is 2. The highest BCUT2D eigenvalue weighted by Crippen LogP contribution is 2.45. The number of phenols is 1. The topological polar surface area (TPSA) is 98.0 Å². The maximum Gasteiger partial charge on any atom is 0.431 e. The molecule has 6 nitrogen and oxygen atoms in total. The number of carbonyl (C=O) groups is 1. The van der Waals surface area contributed by atoms with Gasteiger partial charge in [-0.3, -0.25) is 14.6 Å². The van der Waals surface area contributed by atoms with Gasteiger partial charge >= 0.3 is 6.18 Å². The summed E-state index contributed by atoms with van der Waals surface area (Å²) < 4.78 is 40.6. The Hall–Kier alpha value is -2.88. The largest absolute Gasteiger partial charge is 0.508 e. The minimum atomic E-state index is -4.89. The van der Waals surface area contributed by atoms with E-state index in [-0.39, 0.29) is 27.5 Å². The molecule has 1 aliphatic rings. The first kappa shape index (κ1) is 17.9. The molecule has 26 heavy (non-hydrogen) atoms. The van der Waals surface area contributed by atoms with Gasteiger partial charge < -0.3 is 15.4 Å². The molecule has 0 radical (unpaired) electrons. The molecule has 1 aliphatic heterocycles. The molecule has 2 heterocycles. The molecule has 0 fully saturated rings. The highest BCUT2D eigenvalue weighted by atomic mass is 32.1. The van der Waals surface area contributed by atoms with E-state index in [2.05, 4.69) is 15.3 Å². The number of para-hydroxylation sites is 1. The molecule has 4 N–H and O–H groups in total. The molecule has 0 bridgehead atoms. The van der Waals surface area contributed by atoms with E-state index >= 15 is 0 Å². The van der Waals surface area contributed by atoms with Crippen LogP contribution in [-0.4, -0.2) is 27.0 Å². The molecule has 3 rings (SSSR count). The second-order valence-electron chi connectivity index (χ2n) is 5.66. The molecule has 0 spiro atoms. The number of halogens is 3. The first-order valence-electron chi connectivity index (χ1n) is 7.35. The molecular formula is C16H12F3N3O3S. The maximum atomic E-state index is 13.6. The predicted octanol–water partition coefficient (Wildman–Crippen LogP) is 3.10. The standard InChI is InChI=1S/C16H12F3N3O3S/c1-6(23)9-10(7-4-2-3-5-8(7)24)11-13(20-12(9)16(17,18)19)21-15(26)22-14(11)25/h2-5,10,24H,1H3,(H3,20,21,22,25,26). The monoisotopic (exact) mass is 383 g/mol. The molecule has 1 aromatic heterocycles. The van der Waals surface area contributed by atoms with Gasteiger partial charge in [0, 0.05) is 11.1 Å². The number of anilines is 1. The number of benzene rings is 1. The Bertz CT molecular complexity index is 1050. The molecule has 1 unspecified atom stereocenters. The summed E-state index contributed by atoms with van der Waals surface area (Å²) in [4.78, 5) is 29.3. The van der Waals surface area contributed by atoms with E-state index in [1.165, 1.54) is 24.3 Å². The predicted molar refractivity (Wildman–Crippen MR) is 89.6 cm³/mol. The SMILES string of the molecule is CC(=O)C1=C(C(F)(F)F)Nc2[nH]c(=S)[nH]c(=O)c2C1c1ccccc1O. The molecular weight excluding hydrogens is 371 g/mol. The fourth-order valence-corrected chi connectivity index (χ4v) is 3.19. The smallest absolute Gasteiger partial charge is 0.431 e. The van der Waals surface area contributed by atoms with E-state index < -0.39 is 34.7 Å². The highest BCUT2D eigenvalue weighted by molar-refractivity contribution is 7.71. The number of hydrogen-bond donors (Lipinski definition) is 4. The first-order valence-corrected chi connectivity index (χ1v) is 7.75. The Morgan fingerprint density at radius 1 is 1.23 bits per heavy atom. The number of Topliss-reactive ketones (excluding diaryl/α,β-unsaturated/α-hetero) is 1. The Balaban J connectivity index is 2.45. The van der Waals surface area contributed by atoms with Crippen LogP contribution in [0, 0.1) is 4.77 Å². The van der Waals surface area contributed by atoms with Crippen LogP contribution in [0.1, 0.15) is 24.0 Å². The van der Waals surface area contributed by atoms with Crippen LogP contribution in [0.3, 0.4) is 0 Å². The summed E-state index contributed by atoms with van der Waals surface area (Å²) in [5.74, 6) is -2.92. The van der Waals surface area contributed by atoms with Crippen LogP contribution >= 0.6 is 12.2 Å². The average Bonchev–Trinajstić information content (AvgIpc) is 2.52. The van der Waals surface area contributed by atoms with Crippen molar-refractivity contribution in [1.82, 2.24) is 9.97 Å². The molecule has 0 aliphatic carbocycles. The van der Waals surface area contributed by atoms with Crippen LogP contribution in [0.15, 0.2) is 40.3 Å². The third-order valence-electron chi connectivity index (χ3n) is 3.99. The highest BCUT2D eigenvalue weighted by Gasteiger charge is 2.45. The van der Waals surface area contributed by atoms with Crippen LogP contribution < -0.4 is 10.9 Å². The van der Waals surface area contributed by atoms with E-state index in [0.29, 0.717) is 0 Å². The summed E-state index contributed by atoms with van der Waals surface area (Å²) in [5.41, 5.74) is -2.90. The molecule has 0 amide bonds. The molecule has 0 saturated heterocycles. The number of aromatic hydroxyl groups is 1. The summed E-state index contributed by atoms with van der Waals surface area (Å²) in [6.07, 6.45) is -4.89. The van der Waals surface area contributed by atoms with Gasteiger partial charge in [-0.05, 0) is 25.2 Å². The Labute approximate surface area is 149 Å². The second-order valence-corrected chi connectivity index (χ2v) is 6.06. The second kappa shape index (κ2) is 6.13. The molecule has 136 valence electrons. The first-order chi connectivity index (χ1) is 12.1. The number of fused-ring (bicyclic) bond motifs is 1. The number of phenolic OH excluding ortho intramolecular Hbond substituents is 1. The number of alkyl halides is 3. The molecule has 2 aromatic rings. The Kier molecular flexibility index (Phi) is 4.23. The van der Waals surface area contributed by atoms with Gasteiger partial charge in [-0.2, -0.15) is 13.2 Å². The van der Waals surface area contributed by atoms with Crippen LogP contribution in [0.4, 0.5) is 19.0 Å². The zero-order valence-electron chi connectivity index (χ0n) is 13.2. The van der Waals surface area contributed by atoms with Crippen molar-refractivity contribution in [3.05, 3.63) is 61.8 Å². The Morgan fingerprint density at radius 2 is 1.88 bits per heavy atom. The lowest BCUT2D eigenvalue weighted by atomic mass is 9.80. The van der Waals surface area contributed by atoms with Gasteiger partial charge in [-0.25, -0.2) is 0 Å². The van der Waals surface area contributed by atoms with Gasteiger partial charge in [0.2, 0.25) is 0 Å². The summed E-state index contributed by atoms with van der Waals surface area (Å²) >= 11 is 4.81. The summed E-state index contributed by atoms with van der Waals surface area (Å²) in [5, 5.41) is 12.2. The van der Waals surface area contributed by atoms with E-state index in [1.807, 2.05) is 0 Å². The summed E-state index contributed by atoms with van der Waals surface area (Å²) in [6, 6.07) is 5.58. The number of rotatable bonds is 2. The van der Waals surface area contributed by atoms with Crippen LogP contribution in [0.25, 0.3) is 0 Å². The number of allylic oxidation sites excluding steroid dienone is 2. The maximum absolute atomic E-state index is 13.6. The minimum absolute atomic E-state index is 0.00165. The third kappa shape index (κ3) is 2.92. The molecule has 10 heteroatoms. The quantitative estimate of drug-likeness (QED) is 0.598.